The van der Waals surface area contributed by atoms with E-state index in [2.05, 4.69) is 22.4 Å². The summed E-state index contributed by atoms with van der Waals surface area (Å²) in [6.45, 7) is 0. The minimum Gasteiger partial charge on any atom is -0.268 e. The number of nitrogens with one attached hydrogen (secondary N) is 1. The zero-order valence-electron chi connectivity index (χ0n) is 7.82. The molecule has 0 amide bonds. The number of nitriles is 1. The normalized spacial score (nSPS) is 11.7. The number of hydrogen-bond acceptors (Lipinski definition) is 4. The van der Waals surface area contributed by atoms with Crippen LogP contribution in [0.2, 0.25) is 0 Å². The van der Waals surface area contributed by atoms with Gasteiger partial charge in [-0.15, -0.1) is 11.3 Å². The summed E-state index contributed by atoms with van der Waals surface area (Å²) in [4.78, 5) is 5.65. The van der Waals surface area contributed by atoms with Gasteiger partial charge in [0.2, 0.25) is 0 Å². The van der Waals surface area contributed by atoms with Gasteiger partial charge >= 0.3 is 0 Å². The fraction of sp³-hybridized carbons (Fsp3) is 0.0909. The van der Waals surface area contributed by atoms with Crippen molar-refractivity contribution in [1.82, 2.24) is 4.98 Å². The van der Waals surface area contributed by atoms with Crippen molar-refractivity contribution in [1.29, 1.82) is 5.26 Å². The molecule has 0 bridgehead atoms. The number of thiazole rings is 1. The lowest BCUT2D eigenvalue weighted by Gasteiger charge is -1.96. The molecule has 0 radical (unpaired) electrons. The van der Waals surface area contributed by atoms with Gasteiger partial charge in [0.05, 0.1) is 5.69 Å². The van der Waals surface area contributed by atoms with E-state index in [4.69, 9.17) is 5.26 Å². The molecule has 2 aromatic rings. The molecule has 1 aromatic carbocycles. The van der Waals surface area contributed by atoms with Crippen LogP contribution in [0.1, 0.15) is 10.4 Å². The lowest BCUT2D eigenvalue weighted by molar-refractivity contribution is 1.31. The highest BCUT2D eigenvalue weighted by atomic mass is 32.1. The third kappa shape index (κ3) is 1.21. The highest BCUT2D eigenvalue weighted by molar-refractivity contribution is 7.16. The maximum Gasteiger partial charge on any atom is 0.196 e. The number of rotatable bonds is 1. The van der Waals surface area contributed by atoms with E-state index in [0.717, 1.165) is 12.1 Å². The van der Waals surface area contributed by atoms with Gasteiger partial charge in [-0.25, -0.2) is 4.98 Å². The zero-order valence-corrected chi connectivity index (χ0v) is 8.64. The molecule has 0 saturated heterocycles. The quantitative estimate of drug-likeness (QED) is 0.499. The van der Waals surface area contributed by atoms with Crippen LogP contribution in [0.4, 0.5) is 5.13 Å². The first kappa shape index (κ1) is 8.45. The van der Waals surface area contributed by atoms with Crippen LogP contribution in [0.3, 0.4) is 0 Å². The maximum absolute atomic E-state index is 8.51. The molecule has 3 rings (SSSR count). The third-order valence-electron chi connectivity index (χ3n) is 2.48. The van der Waals surface area contributed by atoms with Gasteiger partial charge < -0.3 is 0 Å². The minimum atomic E-state index is 0.692. The van der Waals surface area contributed by atoms with Gasteiger partial charge in [0, 0.05) is 16.9 Å². The molecule has 0 spiro atoms. The van der Waals surface area contributed by atoms with Crippen LogP contribution in [-0.2, 0) is 6.42 Å². The Kier molecular flexibility index (Phi) is 1.73. The smallest absolute Gasteiger partial charge is 0.196 e. The Labute approximate surface area is 91.0 Å². The van der Waals surface area contributed by atoms with Crippen molar-refractivity contribution >= 4 is 16.5 Å². The number of nitrogens with zero attached hydrogens (tertiary/aromatic N) is 2. The molecule has 1 aliphatic rings. The van der Waals surface area contributed by atoms with Crippen molar-refractivity contribution in [3.05, 3.63) is 34.7 Å². The second kappa shape index (κ2) is 3.07. The molecule has 0 atom stereocenters. The molecule has 0 aliphatic heterocycles. The Balaban J connectivity index is 2.12. The summed E-state index contributed by atoms with van der Waals surface area (Å²) in [5, 5.41) is 11.8. The molecular formula is C11H7N3S. The first-order valence-corrected chi connectivity index (χ1v) is 5.43. The molecule has 15 heavy (non-hydrogen) atoms. The molecule has 72 valence electrons. The summed E-state index contributed by atoms with van der Waals surface area (Å²) < 4.78 is 0. The summed E-state index contributed by atoms with van der Waals surface area (Å²) in [5.74, 6) is 0. The van der Waals surface area contributed by atoms with Crippen LogP contribution in [0, 0.1) is 11.5 Å². The number of hydrogen-bond donors (Lipinski definition) is 1. The van der Waals surface area contributed by atoms with E-state index in [1.54, 1.807) is 11.3 Å². The van der Waals surface area contributed by atoms with Gasteiger partial charge in [-0.1, -0.05) is 24.3 Å². The van der Waals surface area contributed by atoms with Crippen molar-refractivity contribution in [2.45, 2.75) is 6.42 Å². The number of fused-ring (bicyclic) bond motifs is 3. The van der Waals surface area contributed by atoms with Crippen LogP contribution < -0.4 is 5.32 Å². The largest absolute Gasteiger partial charge is 0.268 e. The summed E-state index contributed by atoms with van der Waals surface area (Å²) in [5.41, 5.74) is 3.57. The number of anilines is 1. The average molecular weight is 213 g/mol. The van der Waals surface area contributed by atoms with Gasteiger partial charge in [-0.05, 0) is 5.56 Å². The van der Waals surface area contributed by atoms with Crippen LogP contribution in [0.25, 0.3) is 11.3 Å². The monoisotopic (exact) mass is 213 g/mol. The number of aromatic nitrogens is 1. The Bertz CT molecular complexity index is 565. The van der Waals surface area contributed by atoms with Gasteiger partial charge in [0.25, 0.3) is 0 Å². The second-order valence-corrected chi connectivity index (χ2v) is 4.45. The van der Waals surface area contributed by atoms with Gasteiger partial charge in [-0.2, -0.15) is 5.26 Å². The molecule has 3 nitrogen and oxygen atoms in total. The fourth-order valence-corrected chi connectivity index (χ4v) is 2.81. The first-order valence-electron chi connectivity index (χ1n) is 4.61. The predicted octanol–water partition coefficient (Wildman–Crippen LogP) is 2.61. The molecule has 0 saturated carbocycles. The molecule has 4 heteroatoms. The van der Waals surface area contributed by atoms with Crippen molar-refractivity contribution in [3.63, 3.8) is 0 Å². The molecule has 1 N–H and O–H groups in total. The molecule has 1 aromatic heterocycles. The van der Waals surface area contributed by atoms with E-state index in [1.807, 2.05) is 18.3 Å². The van der Waals surface area contributed by atoms with E-state index in [1.165, 1.54) is 16.0 Å². The molecule has 0 fully saturated rings. The van der Waals surface area contributed by atoms with Crippen LogP contribution in [-0.4, -0.2) is 4.98 Å². The summed E-state index contributed by atoms with van der Waals surface area (Å²) in [6, 6.07) is 8.27. The van der Waals surface area contributed by atoms with Crippen LogP contribution in [0.5, 0.6) is 0 Å². The van der Waals surface area contributed by atoms with Gasteiger partial charge in [0.1, 0.15) is 0 Å². The number of benzene rings is 1. The highest BCUT2D eigenvalue weighted by Gasteiger charge is 2.22. The van der Waals surface area contributed by atoms with Crippen molar-refractivity contribution in [2.24, 2.45) is 0 Å². The average Bonchev–Trinajstić information content (AvgIpc) is 2.75. The highest BCUT2D eigenvalue weighted by Crippen LogP contribution is 2.40. The summed E-state index contributed by atoms with van der Waals surface area (Å²) in [6.07, 6.45) is 2.84. The lowest BCUT2D eigenvalue weighted by Crippen LogP contribution is -1.86. The fourth-order valence-electron chi connectivity index (χ4n) is 1.86. The van der Waals surface area contributed by atoms with E-state index >= 15 is 0 Å². The Morgan fingerprint density at radius 1 is 1.40 bits per heavy atom. The molecular weight excluding hydrogens is 206 g/mol. The van der Waals surface area contributed by atoms with Crippen molar-refractivity contribution in [2.75, 3.05) is 5.32 Å². The molecule has 1 heterocycles. The SMILES string of the molecule is N#CNc1nc2c(s1)Cc1ccccc1-2. The van der Waals surface area contributed by atoms with Gasteiger partial charge in [-0.3, -0.25) is 5.32 Å². The summed E-state index contributed by atoms with van der Waals surface area (Å²) in [7, 11) is 0. The zero-order chi connectivity index (χ0) is 10.3. The lowest BCUT2D eigenvalue weighted by atomic mass is 10.1. The van der Waals surface area contributed by atoms with Crippen LogP contribution >= 0.6 is 11.3 Å². The standard InChI is InChI=1S/C11H7N3S/c12-6-13-11-14-10-8-4-2-1-3-7(8)5-9(10)15-11/h1-4H,5H2,(H,13,14). The first-order chi connectivity index (χ1) is 7.38. The molecule has 1 aliphatic carbocycles. The topological polar surface area (TPSA) is 48.7 Å². The van der Waals surface area contributed by atoms with E-state index in [-0.39, 0.29) is 0 Å². The predicted molar refractivity (Wildman–Crippen MR) is 59.6 cm³/mol. The maximum atomic E-state index is 8.51. The van der Waals surface area contributed by atoms with E-state index < -0.39 is 0 Å². The third-order valence-corrected chi connectivity index (χ3v) is 3.45. The van der Waals surface area contributed by atoms with Crippen LogP contribution in [0.15, 0.2) is 24.3 Å². The van der Waals surface area contributed by atoms with Gasteiger partial charge in [0.15, 0.2) is 11.3 Å². The Morgan fingerprint density at radius 2 is 2.27 bits per heavy atom. The van der Waals surface area contributed by atoms with Crippen molar-refractivity contribution < 1.29 is 0 Å². The summed E-state index contributed by atoms with van der Waals surface area (Å²) >= 11 is 1.56. The minimum absolute atomic E-state index is 0.692. The second-order valence-electron chi connectivity index (χ2n) is 3.36. The Morgan fingerprint density at radius 3 is 3.13 bits per heavy atom. The van der Waals surface area contributed by atoms with E-state index in [0.29, 0.717) is 5.13 Å². The Hall–Kier alpha value is -1.86. The van der Waals surface area contributed by atoms with Crippen molar-refractivity contribution in [3.8, 4) is 17.5 Å². The molecule has 0 unspecified atom stereocenters. The van der Waals surface area contributed by atoms with E-state index in [9.17, 15) is 0 Å².